The van der Waals surface area contributed by atoms with Gasteiger partial charge in [-0.15, -0.1) is 53.6 Å². The number of rotatable bonds is 3. The van der Waals surface area contributed by atoms with Gasteiger partial charge in [0.25, 0.3) is 0 Å². The first-order chi connectivity index (χ1) is 29.7. The molecule has 257 valence electrons. The summed E-state index contributed by atoms with van der Waals surface area (Å²) in [5, 5.41) is 2.94. The molecule has 0 N–H and O–H groups in total. The molecule has 0 bridgehead atoms. The fraction of sp³-hybridized carbons (Fsp3) is 0.196. The first kappa shape index (κ1) is 22.1. The zero-order chi connectivity index (χ0) is 46.7. The van der Waals surface area contributed by atoms with Gasteiger partial charge in [-0.05, 0) is 107 Å². The molecular formula is C46H41IrN3O-2. The van der Waals surface area contributed by atoms with E-state index >= 15 is 0 Å². The fourth-order valence-corrected chi connectivity index (χ4v) is 5.77. The van der Waals surface area contributed by atoms with Crippen LogP contribution in [0.25, 0.3) is 66.5 Å². The van der Waals surface area contributed by atoms with Gasteiger partial charge in [-0.3, -0.25) is 0 Å². The Morgan fingerprint density at radius 3 is 2.24 bits per heavy atom. The van der Waals surface area contributed by atoms with Crippen LogP contribution in [-0.4, -0.2) is 15.0 Å². The summed E-state index contributed by atoms with van der Waals surface area (Å²) in [6.07, 6.45) is 2.57. The minimum absolute atomic E-state index is 0. The normalized spacial score (nSPS) is 16.5. The Morgan fingerprint density at radius 2 is 1.51 bits per heavy atom. The first-order valence-corrected chi connectivity index (χ1v) is 15.9. The third-order valence-electron chi connectivity index (χ3n) is 8.47. The van der Waals surface area contributed by atoms with Crippen molar-refractivity contribution in [1.29, 1.82) is 0 Å². The van der Waals surface area contributed by atoms with E-state index in [1.165, 1.54) is 30.6 Å². The standard InChI is InChI=1S/C33H29N2O.C13H12N.Ir/c1-19-14-23-15-24(33(4,5)6)12-11-22(23)16-28(19)29-17-30(34-18-20(29)2)27-9-7-8-25-26-13-10-21(3)35-32(26)36-31(25)27;1-10-3-6-12(7-4-10)13-8-5-11(2)9-14-13;/h7-8,10-18H,1-6H3;3-6,8-9H,1-2H3;/q2*-1;/i1D3,2D3,3D2;1D3,2D3;. The van der Waals surface area contributed by atoms with Crippen molar-refractivity contribution < 1.29 is 43.7 Å². The van der Waals surface area contributed by atoms with Gasteiger partial charge < -0.3 is 14.4 Å². The maximum Gasteiger partial charge on any atom is 0.216 e. The second kappa shape index (κ2) is 14.3. The van der Waals surface area contributed by atoms with Gasteiger partial charge in [0.05, 0.1) is 5.58 Å². The van der Waals surface area contributed by atoms with E-state index in [1.807, 2.05) is 24.3 Å². The number of fused-ring (bicyclic) bond motifs is 4. The summed E-state index contributed by atoms with van der Waals surface area (Å²) in [5.41, 5.74) is 4.65. The maximum atomic E-state index is 8.40. The molecule has 1 radical (unpaired) electrons. The second-order valence-corrected chi connectivity index (χ2v) is 13.0. The second-order valence-electron chi connectivity index (χ2n) is 13.0. The predicted molar refractivity (Wildman–Crippen MR) is 207 cm³/mol. The molecule has 4 aromatic carbocycles. The van der Waals surface area contributed by atoms with Crippen molar-refractivity contribution in [3.8, 4) is 33.6 Å². The van der Waals surface area contributed by atoms with Gasteiger partial charge in [-0.25, -0.2) is 4.98 Å². The van der Waals surface area contributed by atoms with Crippen LogP contribution in [0.1, 0.15) is 73.5 Å². The van der Waals surface area contributed by atoms with E-state index in [1.54, 1.807) is 48.5 Å². The van der Waals surface area contributed by atoms with E-state index < -0.39 is 34.3 Å². The maximum absolute atomic E-state index is 8.40. The number of benzene rings is 4. The monoisotopic (exact) mass is 858 g/mol. The van der Waals surface area contributed by atoms with E-state index in [4.69, 9.17) is 23.6 Å². The molecule has 0 aliphatic rings. The van der Waals surface area contributed by atoms with Gasteiger partial charge in [0.1, 0.15) is 0 Å². The van der Waals surface area contributed by atoms with Crippen LogP contribution in [-0.2, 0) is 25.5 Å². The summed E-state index contributed by atoms with van der Waals surface area (Å²) in [4.78, 5) is 12.9. The van der Waals surface area contributed by atoms with Crippen LogP contribution in [0, 0.1) is 46.4 Å². The van der Waals surface area contributed by atoms with Crippen LogP contribution in [0.5, 0.6) is 0 Å². The molecule has 0 saturated heterocycles. The third-order valence-corrected chi connectivity index (χ3v) is 8.47. The van der Waals surface area contributed by atoms with E-state index in [-0.39, 0.29) is 70.3 Å². The van der Waals surface area contributed by atoms with Crippen LogP contribution in [0.4, 0.5) is 0 Å². The summed E-state index contributed by atoms with van der Waals surface area (Å²) in [7, 11) is 0. The van der Waals surface area contributed by atoms with E-state index in [2.05, 4.69) is 47.9 Å². The molecule has 0 spiro atoms. The van der Waals surface area contributed by atoms with Crippen LogP contribution in [0.15, 0.2) is 108 Å². The summed E-state index contributed by atoms with van der Waals surface area (Å²) < 4.78 is 115. The first-order valence-electron chi connectivity index (χ1n) is 23.0. The number of hydrogen-bond donors (Lipinski definition) is 0. The van der Waals surface area contributed by atoms with Gasteiger partial charge in [0.15, 0.2) is 0 Å². The van der Waals surface area contributed by atoms with E-state index in [9.17, 15) is 0 Å². The van der Waals surface area contributed by atoms with Gasteiger partial charge in [0, 0.05) is 62.8 Å². The zero-order valence-corrected chi connectivity index (χ0v) is 30.4. The Morgan fingerprint density at radius 1 is 0.686 bits per heavy atom. The molecule has 0 aliphatic heterocycles. The Balaban J connectivity index is 0.000000280. The van der Waals surface area contributed by atoms with Crippen molar-refractivity contribution in [1.82, 2.24) is 15.0 Å². The Labute approximate surface area is 334 Å². The molecule has 5 heteroatoms. The predicted octanol–water partition coefficient (Wildman–Crippen LogP) is 12.0. The van der Waals surface area contributed by atoms with Gasteiger partial charge >= 0.3 is 0 Å². The molecule has 0 atom stereocenters. The zero-order valence-electron chi connectivity index (χ0n) is 42.0. The molecule has 0 fully saturated rings. The van der Waals surface area contributed by atoms with Gasteiger partial charge in [-0.1, -0.05) is 81.0 Å². The number of aryl methyl sites for hydroxylation is 5. The molecule has 4 nitrogen and oxygen atoms in total. The molecule has 8 aromatic rings. The third kappa shape index (κ3) is 7.42. The number of aromatic nitrogens is 3. The molecule has 0 aliphatic carbocycles. The Kier molecular flexibility index (Phi) is 6.21. The van der Waals surface area contributed by atoms with Crippen LogP contribution < -0.4 is 0 Å². The number of hydrogen-bond acceptors (Lipinski definition) is 4. The van der Waals surface area contributed by atoms with Crippen molar-refractivity contribution >= 4 is 32.8 Å². The average molecular weight is 858 g/mol. The van der Waals surface area contributed by atoms with Crippen LogP contribution >= 0.6 is 0 Å². The van der Waals surface area contributed by atoms with Crippen molar-refractivity contribution in [2.75, 3.05) is 0 Å². The summed E-state index contributed by atoms with van der Waals surface area (Å²) >= 11 is 0. The molecule has 51 heavy (non-hydrogen) atoms. The van der Waals surface area contributed by atoms with E-state index in [0.717, 1.165) is 16.3 Å². The average Bonchev–Trinajstić information content (AvgIpc) is 3.60. The molecule has 4 heterocycles. The number of pyridine rings is 3. The van der Waals surface area contributed by atoms with Crippen molar-refractivity contribution in [3.63, 3.8) is 0 Å². The molecule has 0 amide bonds. The summed E-state index contributed by atoms with van der Waals surface area (Å²) in [5.74, 6) is 0. The summed E-state index contributed by atoms with van der Waals surface area (Å²) in [6, 6.07) is 31.4. The minimum atomic E-state index is -2.57. The topological polar surface area (TPSA) is 51.8 Å². The number of furan rings is 1. The van der Waals surface area contributed by atoms with Crippen molar-refractivity contribution in [3.05, 3.63) is 149 Å². The van der Waals surface area contributed by atoms with Crippen molar-refractivity contribution in [2.45, 2.75) is 60.5 Å². The summed E-state index contributed by atoms with van der Waals surface area (Å²) in [6.45, 7) is -4.45. The Hall–Kier alpha value is -4.96. The molecule has 8 rings (SSSR count). The van der Waals surface area contributed by atoms with Crippen molar-refractivity contribution in [2.24, 2.45) is 0 Å². The molecule has 0 saturated carbocycles. The van der Waals surface area contributed by atoms with Gasteiger partial charge in [0.2, 0.25) is 5.71 Å². The quantitative estimate of drug-likeness (QED) is 0.166. The van der Waals surface area contributed by atoms with Crippen LogP contribution in [0.3, 0.4) is 0 Å². The number of nitrogens with zero attached hydrogens (tertiary/aromatic N) is 3. The SMILES string of the molecule is [2H]C([2H])([2H])c1c[c-]c(-c2ccc(C([2H])([2H])[2H])cn2)cc1.[2H]C([2H])c1ccc2c(n1)oc1c(-c3cc(-c4cc5ccc(C(C)(C)C)cc5cc4C([2H])([2H])[2H])c(C([2H])([2H])[2H])cn3)[c-]ccc12.[Ir]. The molecular weight excluding hydrogens is 803 g/mol. The minimum Gasteiger partial charge on any atom is -0.486 e. The molecule has 4 aromatic heterocycles. The molecule has 0 unspecified atom stereocenters. The van der Waals surface area contributed by atoms with Gasteiger partial charge in [-0.2, -0.15) is 0 Å². The fourth-order valence-electron chi connectivity index (χ4n) is 5.77. The smallest absolute Gasteiger partial charge is 0.216 e. The van der Waals surface area contributed by atoms with E-state index in [0.29, 0.717) is 38.9 Å². The largest absolute Gasteiger partial charge is 0.486 e. The van der Waals surface area contributed by atoms with Crippen LogP contribution in [0.2, 0.25) is 0 Å². The Bertz CT molecular complexity index is 2950.